The molecule has 22 heavy (non-hydrogen) atoms. The smallest absolute Gasteiger partial charge is 0.251 e. The number of rotatable bonds is 4. The van der Waals surface area contributed by atoms with Gasteiger partial charge in [0.1, 0.15) is 0 Å². The summed E-state index contributed by atoms with van der Waals surface area (Å²) in [6.07, 6.45) is 1.78. The van der Waals surface area contributed by atoms with E-state index in [0.29, 0.717) is 12.1 Å². The summed E-state index contributed by atoms with van der Waals surface area (Å²) >= 11 is 0. The van der Waals surface area contributed by atoms with Gasteiger partial charge >= 0.3 is 0 Å². The van der Waals surface area contributed by atoms with Crippen LogP contribution >= 0.6 is 0 Å². The van der Waals surface area contributed by atoms with Crippen molar-refractivity contribution < 1.29 is 4.79 Å². The molecule has 3 rings (SSSR count). The van der Waals surface area contributed by atoms with E-state index in [1.807, 2.05) is 60.7 Å². The molecular formula is C19H16N2O. The van der Waals surface area contributed by atoms with Gasteiger partial charge in [-0.05, 0) is 29.8 Å². The summed E-state index contributed by atoms with van der Waals surface area (Å²) in [4.78, 5) is 16.3. The molecule has 0 atom stereocenters. The summed E-state index contributed by atoms with van der Waals surface area (Å²) in [6, 6.07) is 23.1. The predicted molar refractivity (Wildman–Crippen MR) is 87.3 cm³/mol. The monoisotopic (exact) mass is 288 g/mol. The normalized spacial score (nSPS) is 10.2. The highest BCUT2D eigenvalue weighted by molar-refractivity contribution is 5.94. The summed E-state index contributed by atoms with van der Waals surface area (Å²) in [5.74, 6) is -0.0607. The van der Waals surface area contributed by atoms with Crippen LogP contribution in [-0.4, -0.2) is 10.9 Å². The van der Waals surface area contributed by atoms with E-state index in [9.17, 15) is 4.79 Å². The molecule has 0 radical (unpaired) electrons. The van der Waals surface area contributed by atoms with Crippen molar-refractivity contribution in [2.24, 2.45) is 0 Å². The molecular weight excluding hydrogens is 272 g/mol. The van der Waals surface area contributed by atoms with E-state index in [2.05, 4.69) is 10.3 Å². The number of carbonyl (C=O) groups excluding carboxylic acids is 1. The molecule has 3 nitrogen and oxygen atoms in total. The molecule has 108 valence electrons. The second-order valence-corrected chi connectivity index (χ2v) is 4.96. The van der Waals surface area contributed by atoms with Gasteiger partial charge in [-0.15, -0.1) is 0 Å². The standard InChI is InChI=1S/C19H16N2O/c22-19(17-6-2-1-3-7-17)21-14-15-9-11-16(12-10-15)18-8-4-5-13-20-18/h1-13H,14H2,(H,21,22). The summed E-state index contributed by atoms with van der Waals surface area (Å²) in [5, 5.41) is 2.92. The molecule has 0 bridgehead atoms. The molecule has 1 aromatic heterocycles. The van der Waals surface area contributed by atoms with Crippen molar-refractivity contribution >= 4 is 5.91 Å². The maximum absolute atomic E-state index is 12.0. The van der Waals surface area contributed by atoms with E-state index in [1.54, 1.807) is 18.3 Å². The molecule has 1 heterocycles. The fourth-order valence-electron chi connectivity index (χ4n) is 2.20. The Morgan fingerprint density at radius 1 is 0.864 bits per heavy atom. The minimum Gasteiger partial charge on any atom is -0.348 e. The Hall–Kier alpha value is -2.94. The summed E-state index contributed by atoms with van der Waals surface area (Å²) < 4.78 is 0. The SMILES string of the molecule is O=C(NCc1ccc(-c2ccccn2)cc1)c1ccccc1. The molecule has 0 aliphatic rings. The molecule has 0 saturated heterocycles. The summed E-state index contributed by atoms with van der Waals surface area (Å²) in [5.41, 5.74) is 3.75. The van der Waals surface area contributed by atoms with Crippen LogP contribution in [0.5, 0.6) is 0 Å². The Kier molecular flexibility index (Phi) is 4.25. The van der Waals surface area contributed by atoms with Crippen molar-refractivity contribution in [2.75, 3.05) is 0 Å². The molecule has 2 aromatic carbocycles. The minimum absolute atomic E-state index is 0.0607. The largest absolute Gasteiger partial charge is 0.348 e. The fourth-order valence-corrected chi connectivity index (χ4v) is 2.20. The second kappa shape index (κ2) is 6.68. The highest BCUT2D eigenvalue weighted by atomic mass is 16.1. The Morgan fingerprint density at radius 2 is 1.59 bits per heavy atom. The number of aromatic nitrogens is 1. The highest BCUT2D eigenvalue weighted by Gasteiger charge is 2.04. The average molecular weight is 288 g/mol. The first-order valence-electron chi connectivity index (χ1n) is 7.16. The number of benzene rings is 2. The van der Waals surface area contributed by atoms with E-state index in [1.165, 1.54) is 0 Å². The van der Waals surface area contributed by atoms with Crippen LogP contribution in [0.2, 0.25) is 0 Å². The zero-order chi connectivity index (χ0) is 15.2. The van der Waals surface area contributed by atoms with E-state index in [0.717, 1.165) is 16.8 Å². The van der Waals surface area contributed by atoms with Crippen LogP contribution < -0.4 is 5.32 Å². The Labute approximate surface area is 129 Å². The van der Waals surface area contributed by atoms with Gasteiger partial charge in [0.15, 0.2) is 0 Å². The molecule has 0 spiro atoms. The van der Waals surface area contributed by atoms with Gasteiger partial charge in [0.05, 0.1) is 5.69 Å². The van der Waals surface area contributed by atoms with Crippen LogP contribution in [0, 0.1) is 0 Å². The number of hydrogen-bond acceptors (Lipinski definition) is 2. The minimum atomic E-state index is -0.0607. The zero-order valence-electron chi connectivity index (χ0n) is 12.1. The number of nitrogens with one attached hydrogen (secondary N) is 1. The molecule has 0 unspecified atom stereocenters. The van der Waals surface area contributed by atoms with Gasteiger partial charge < -0.3 is 5.32 Å². The van der Waals surface area contributed by atoms with Crippen molar-refractivity contribution in [1.29, 1.82) is 0 Å². The van der Waals surface area contributed by atoms with Crippen molar-refractivity contribution in [1.82, 2.24) is 10.3 Å². The van der Waals surface area contributed by atoms with Crippen molar-refractivity contribution in [3.05, 3.63) is 90.1 Å². The number of carbonyl (C=O) groups is 1. The lowest BCUT2D eigenvalue weighted by Crippen LogP contribution is -2.22. The lowest BCUT2D eigenvalue weighted by molar-refractivity contribution is 0.0951. The first-order chi connectivity index (χ1) is 10.8. The summed E-state index contributed by atoms with van der Waals surface area (Å²) in [6.45, 7) is 0.510. The molecule has 3 aromatic rings. The first kappa shape index (κ1) is 14.0. The van der Waals surface area contributed by atoms with Crippen molar-refractivity contribution in [3.8, 4) is 11.3 Å². The Balaban J connectivity index is 1.63. The lowest BCUT2D eigenvalue weighted by Gasteiger charge is -2.06. The molecule has 0 fully saturated rings. The van der Waals surface area contributed by atoms with Crippen LogP contribution in [0.15, 0.2) is 79.0 Å². The third-order valence-corrected chi connectivity index (χ3v) is 3.40. The van der Waals surface area contributed by atoms with Gasteiger partial charge in [0.25, 0.3) is 5.91 Å². The lowest BCUT2D eigenvalue weighted by atomic mass is 10.1. The molecule has 0 aliphatic carbocycles. The van der Waals surface area contributed by atoms with Crippen LogP contribution in [0.1, 0.15) is 15.9 Å². The van der Waals surface area contributed by atoms with Gasteiger partial charge in [-0.3, -0.25) is 9.78 Å². The second-order valence-electron chi connectivity index (χ2n) is 4.96. The van der Waals surface area contributed by atoms with Crippen molar-refractivity contribution in [2.45, 2.75) is 6.54 Å². The van der Waals surface area contributed by atoms with Gasteiger partial charge in [-0.1, -0.05) is 48.5 Å². The Morgan fingerprint density at radius 3 is 2.27 bits per heavy atom. The zero-order valence-corrected chi connectivity index (χ0v) is 12.1. The maximum atomic E-state index is 12.0. The van der Waals surface area contributed by atoms with Crippen LogP contribution in [0.3, 0.4) is 0 Å². The molecule has 0 aliphatic heterocycles. The van der Waals surface area contributed by atoms with Crippen LogP contribution in [0.4, 0.5) is 0 Å². The number of pyridine rings is 1. The van der Waals surface area contributed by atoms with Crippen LogP contribution in [0.25, 0.3) is 11.3 Å². The summed E-state index contributed by atoms with van der Waals surface area (Å²) in [7, 11) is 0. The number of nitrogens with zero attached hydrogens (tertiary/aromatic N) is 1. The average Bonchev–Trinajstić information content (AvgIpc) is 2.61. The van der Waals surface area contributed by atoms with E-state index in [-0.39, 0.29) is 5.91 Å². The van der Waals surface area contributed by atoms with Gasteiger partial charge in [-0.2, -0.15) is 0 Å². The van der Waals surface area contributed by atoms with Gasteiger partial charge in [0, 0.05) is 23.9 Å². The number of amides is 1. The maximum Gasteiger partial charge on any atom is 0.251 e. The molecule has 1 N–H and O–H groups in total. The third kappa shape index (κ3) is 3.38. The quantitative estimate of drug-likeness (QED) is 0.795. The predicted octanol–water partition coefficient (Wildman–Crippen LogP) is 3.68. The molecule has 1 amide bonds. The molecule has 3 heteroatoms. The van der Waals surface area contributed by atoms with Crippen LogP contribution in [-0.2, 0) is 6.54 Å². The molecule has 0 saturated carbocycles. The van der Waals surface area contributed by atoms with E-state index in [4.69, 9.17) is 0 Å². The van der Waals surface area contributed by atoms with E-state index < -0.39 is 0 Å². The highest BCUT2D eigenvalue weighted by Crippen LogP contribution is 2.16. The topological polar surface area (TPSA) is 42.0 Å². The van der Waals surface area contributed by atoms with Crippen molar-refractivity contribution in [3.63, 3.8) is 0 Å². The first-order valence-corrected chi connectivity index (χ1v) is 7.16. The third-order valence-electron chi connectivity index (χ3n) is 3.40. The fraction of sp³-hybridized carbons (Fsp3) is 0.0526. The van der Waals surface area contributed by atoms with E-state index >= 15 is 0 Å². The van der Waals surface area contributed by atoms with Gasteiger partial charge in [-0.25, -0.2) is 0 Å². The number of hydrogen-bond donors (Lipinski definition) is 1. The Bertz CT molecular complexity index is 737. The van der Waals surface area contributed by atoms with Gasteiger partial charge in [0.2, 0.25) is 0 Å².